The van der Waals surface area contributed by atoms with Gasteiger partial charge in [-0.25, -0.2) is 13.8 Å². The van der Waals surface area contributed by atoms with Crippen molar-refractivity contribution in [3.63, 3.8) is 0 Å². The predicted molar refractivity (Wildman–Crippen MR) is 139 cm³/mol. The summed E-state index contributed by atoms with van der Waals surface area (Å²) in [4.78, 5) is 13.0. The Balaban J connectivity index is 1.54. The normalized spacial score (nSPS) is 13.9. The van der Waals surface area contributed by atoms with Crippen LogP contribution in [0.15, 0.2) is 93.3 Å². The number of benzene rings is 3. The van der Waals surface area contributed by atoms with Crippen LogP contribution in [0.25, 0.3) is 22.5 Å². The maximum atomic E-state index is 13.3. The summed E-state index contributed by atoms with van der Waals surface area (Å²) in [6.07, 6.45) is 1.55. The number of nitrogens with zero attached hydrogens (tertiary/aromatic N) is 4. The number of aromatic nitrogens is 2. The largest absolute Gasteiger partial charge is 0.271 e. The molecule has 0 unspecified atom stereocenters. The van der Waals surface area contributed by atoms with Crippen molar-refractivity contribution in [2.75, 3.05) is 11.4 Å². The van der Waals surface area contributed by atoms with E-state index in [1.807, 2.05) is 54.6 Å². The minimum absolute atomic E-state index is 0.144. The molecular formula is C25H20BrN5O3S. The number of amides is 1. The molecule has 0 fully saturated rings. The number of hydrogen-bond donors (Lipinski definition) is 1. The second-order valence-corrected chi connectivity index (χ2v) is 10.7. The zero-order valence-electron chi connectivity index (χ0n) is 18.6. The van der Waals surface area contributed by atoms with Crippen LogP contribution in [0, 0.1) is 0 Å². The molecule has 1 aliphatic rings. The van der Waals surface area contributed by atoms with Gasteiger partial charge in [-0.1, -0.05) is 76.6 Å². The summed E-state index contributed by atoms with van der Waals surface area (Å²) in [7, 11) is -2.27. The van der Waals surface area contributed by atoms with Crippen LogP contribution in [-0.4, -0.2) is 37.4 Å². The third-order valence-corrected chi connectivity index (χ3v) is 7.98. The van der Waals surface area contributed by atoms with Crippen LogP contribution in [0.1, 0.15) is 5.56 Å². The first-order valence-corrected chi connectivity index (χ1v) is 12.9. The number of carbonyl (C=O) groups excluding carboxylic acids is 1. The summed E-state index contributed by atoms with van der Waals surface area (Å²) in [5, 5.41) is 8.72. The lowest BCUT2D eigenvalue weighted by atomic mass is 10.1. The molecule has 0 saturated carbocycles. The quantitative estimate of drug-likeness (QED) is 0.297. The van der Waals surface area contributed by atoms with E-state index in [2.05, 4.69) is 31.6 Å². The number of rotatable bonds is 5. The molecule has 5 rings (SSSR count). The Kier molecular flexibility index (Phi) is 6.00. The van der Waals surface area contributed by atoms with Gasteiger partial charge in [-0.05, 0) is 23.8 Å². The maximum Gasteiger partial charge on any atom is 0.264 e. The smallest absolute Gasteiger partial charge is 0.264 e. The average molecular weight is 550 g/mol. The topological polar surface area (TPSA) is 96.7 Å². The van der Waals surface area contributed by atoms with Crippen LogP contribution >= 0.6 is 15.9 Å². The van der Waals surface area contributed by atoms with Crippen LogP contribution in [0.3, 0.4) is 0 Å². The molecule has 2 heterocycles. The van der Waals surface area contributed by atoms with Crippen molar-refractivity contribution in [2.24, 2.45) is 5.10 Å². The van der Waals surface area contributed by atoms with Gasteiger partial charge in [0.2, 0.25) is 0 Å². The minimum Gasteiger partial charge on any atom is -0.271 e. The molecule has 0 spiro atoms. The number of anilines is 1. The third-order valence-electron chi connectivity index (χ3n) is 5.64. The molecule has 176 valence electrons. The number of nitrogens with one attached hydrogen (secondary N) is 1. The Morgan fingerprint density at radius 1 is 1.03 bits per heavy atom. The number of hydrogen-bond acceptors (Lipinski definition) is 5. The van der Waals surface area contributed by atoms with E-state index < -0.39 is 15.9 Å². The summed E-state index contributed by atoms with van der Waals surface area (Å²) in [5.41, 5.74) is 6.08. The first kappa shape index (κ1) is 23.0. The molecule has 0 radical (unpaired) electrons. The van der Waals surface area contributed by atoms with Crippen LogP contribution in [0.2, 0.25) is 0 Å². The molecule has 1 aromatic heterocycles. The molecule has 10 heteroatoms. The summed E-state index contributed by atoms with van der Waals surface area (Å²) >= 11 is 3.38. The van der Waals surface area contributed by atoms with E-state index in [0.29, 0.717) is 22.6 Å². The molecule has 1 aliphatic heterocycles. The van der Waals surface area contributed by atoms with E-state index in [1.165, 1.54) is 16.0 Å². The van der Waals surface area contributed by atoms with Crippen LogP contribution in [-0.2, 0) is 21.4 Å². The number of hydrazone groups is 1. The average Bonchev–Trinajstić information content (AvgIpc) is 3.23. The van der Waals surface area contributed by atoms with Crippen LogP contribution in [0.4, 0.5) is 5.69 Å². The van der Waals surface area contributed by atoms with Gasteiger partial charge in [-0.3, -0.25) is 13.8 Å². The van der Waals surface area contributed by atoms with E-state index in [4.69, 9.17) is 0 Å². The molecule has 0 aliphatic carbocycles. The van der Waals surface area contributed by atoms with E-state index in [1.54, 1.807) is 30.5 Å². The van der Waals surface area contributed by atoms with Gasteiger partial charge in [-0.2, -0.15) is 10.2 Å². The molecule has 35 heavy (non-hydrogen) atoms. The number of carbonyl (C=O) groups is 1. The van der Waals surface area contributed by atoms with Gasteiger partial charge in [0.1, 0.15) is 17.9 Å². The van der Waals surface area contributed by atoms with Crippen molar-refractivity contribution < 1.29 is 13.2 Å². The second-order valence-electron chi connectivity index (χ2n) is 7.88. The van der Waals surface area contributed by atoms with E-state index >= 15 is 0 Å². The highest BCUT2D eigenvalue weighted by molar-refractivity contribution is 9.10. The van der Waals surface area contributed by atoms with Crippen molar-refractivity contribution in [3.8, 4) is 22.5 Å². The summed E-state index contributed by atoms with van der Waals surface area (Å²) < 4.78 is 30.3. The lowest BCUT2D eigenvalue weighted by molar-refractivity contribution is -0.121. The van der Waals surface area contributed by atoms with Gasteiger partial charge >= 0.3 is 0 Å². The Bertz CT molecular complexity index is 1550. The van der Waals surface area contributed by atoms with Gasteiger partial charge in [-0.15, -0.1) is 0 Å². The monoisotopic (exact) mass is 549 g/mol. The summed E-state index contributed by atoms with van der Waals surface area (Å²) in [5.74, 6) is -0.392. The molecule has 4 aromatic rings. The first-order chi connectivity index (χ1) is 16.9. The minimum atomic E-state index is -3.78. The van der Waals surface area contributed by atoms with Gasteiger partial charge < -0.3 is 0 Å². The Morgan fingerprint density at radius 3 is 2.46 bits per heavy atom. The molecule has 0 atom stereocenters. The van der Waals surface area contributed by atoms with Crippen molar-refractivity contribution in [1.82, 2.24) is 15.2 Å². The fourth-order valence-electron chi connectivity index (χ4n) is 3.98. The third kappa shape index (κ3) is 4.26. The van der Waals surface area contributed by atoms with E-state index in [-0.39, 0.29) is 11.4 Å². The number of sulfonamides is 1. The molecule has 0 bridgehead atoms. The molecule has 3 aromatic carbocycles. The van der Waals surface area contributed by atoms with Crippen molar-refractivity contribution in [3.05, 3.63) is 88.9 Å². The van der Waals surface area contributed by atoms with Crippen molar-refractivity contribution in [1.29, 1.82) is 0 Å². The fraction of sp³-hybridized carbons (Fsp3) is 0.0800. The first-order valence-electron chi connectivity index (χ1n) is 10.7. The number of fused-ring (bicyclic) bond motifs is 3. The summed E-state index contributed by atoms with van der Waals surface area (Å²) in [6.45, 7) is -0.144. The molecular weight excluding hydrogens is 530 g/mol. The Morgan fingerprint density at radius 2 is 1.71 bits per heavy atom. The van der Waals surface area contributed by atoms with Gasteiger partial charge in [0.25, 0.3) is 15.9 Å². The molecule has 0 saturated heterocycles. The van der Waals surface area contributed by atoms with Gasteiger partial charge in [0.05, 0.1) is 16.8 Å². The highest BCUT2D eigenvalue weighted by Crippen LogP contribution is 2.47. The van der Waals surface area contributed by atoms with E-state index in [9.17, 15) is 13.2 Å². The summed E-state index contributed by atoms with van der Waals surface area (Å²) in [6, 6.07) is 23.5. The molecule has 8 nitrogen and oxygen atoms in total. The lowest BCUT2D eigenvalue weighted by Gasteiger charge is -2.27. The second kappa shape index (κ2) is 9.12. The Hall–Kier alpha value is -3.76. The van der Waals surface area contributed by atoms with Crippen LogP contribution in [0.5, 0.6) is 0 Å². The van der Waals surface area contributed by atoms with E-state index in [0.717, 1.165) is 15.6 Å². The molecule has 1 amide bonds. The maximum absolute atomic E-state index is 13.3. The predicted octanol–water partition coefficient (Wildman–Crippen LogP) is 4.27. The zero-order valence-corrected chi connectivity index (χ0v) is 21.0. The fourth-order valence-corrected chi connectivity index (χ4v) is 5.64. The SMILES string of the molecule is CN1c2c(-c3ccccc3)nn(CC(=O)N/N=C/c3ccc(Br)cc3)c2-c2ccccc2S1(=O)=O. The van der Waals surface area contributed by atoms with Gasteiger partial charge in [0.15, 0.2) is 0 Å². The van der Waals surface area contributed by atoms with Crippen LogP contribution < -0.4 is 9.73 Å². The number of halogens is 1. The lowest BCUT2D eigenvalue weighted by Crippen LogP contribution is -2.31. The zero-order chi connectivity index (χ0) is 24.6. The van der Waals surface area contributed by atoms with Crippen molar-refractivity contribution in [2.45, 2.75) is 11.4 Å². The standard InChI is InChI=1S/C25H20BrN5O3S/c1-30-25-23(18-7-3-2-4-8-18)29-31(24(25)20-9-5-6-10-21(20)35(30,33)34)16-22(32)28-27-15-17-11-13-19(26)14-12-17/h2-15H,16H2,1H3,(H,28,32)/b27-15+. The molecule has 1 N–H and O–H groups in total. The Labute approximate surface area is 211 Å². The highest BCUT2D eigenvalue weighted by atomic mass is 79.9. The van der Waals surface area contributed by atoms with Gasteiger partial charge in [0, 0.05) is 22.6 Å². The van der Waals surface area contributed by atoms with Crippen molar-refractivity contribution >= 4 is 43.8 Å². The highest BCUT2D eigenvalue weighted by Gasteiger charge is 2.38.